The fourth-order valence-electron chi connectivity index (χ4n) is 1.37. The molecule has 0 amide bonds. The Balaban J connectivity index is 2.74. The number of ether oxygens (including phenoxy) is 1. The van der Waals surface area contributed by atoms with Crippen LogP contribution in [0.4, 0.5) is 8.78 Å². The summed E-state index contributed by atoms with van der Waals surface area (Å²) in [6.45, 7) is 4.56. The highest BCUT2D eigenvalue weighted by Gasteiger charge is 2.28. The standard InChI is InChI=1S/C13H19F2NO2S/c1-9(16-19(17)13(2,3)4)10-6-5-7-11(8-10)18-12(14)15/h5-9,12,16H,1-4H3/t9?,19-/m0/s1. The summed E-state index contributed by atoms with van der Waals surface area (Å²) in [4.78, 5) is 0. The van der Waals surface area contributed by atoms with Gasteiger partial charge >= 0.3 is 6.61 Å². The molecule has 1 aromatic rings. The number of rotatable bonds is 5. The van der Waals surface area contributed by atoms with Crippen LogP contribution in [0.15, 0.2) is 24.3 Å². The van der Waals surface area contributed by atoms with Crippen LogP contribution in [0, 0.1) is 0 Å². The van der Waals surface area contributed by atoms with Crippen molar-refractivity contribution in [3.05, 3.63) is 29.8 Å². The lowest BCUT2D eigenvalue weighted by Gasteiger charge is -2.26. The van der Waals surface area contributed by atoms with Crippen molar-refractivity contribution in [3.8, 4) is 5.75 Å². The lowest BCUT2D eigenvalue weighted by molar-refractivity contribution is -0.0499. The van der Waals surface area contributed by atoms with Gasteiger partial charge in [0, 0.05) is 11.4 Å². The molecule has 1 aromatic carbocycles. The van der Waals surface area contributed by atoms with Gasteiger partial charge in [-0.25, -0.2) is 0 Å². The molecule has 0 aliphatic rings. The van der Waals surface area contributed by atoms with E-state index in [9.17, 15) is 13.3 Å². The zero-order valence-electron chi connectivity index (χ0n) is 11.4. The predicted molar refractivity (Wildman–Crippen MR) is 72.5 cm³/mol. The van der Waals surface area contributed by atoms with Crippen LogP contribution in [-0.2, 0) is 11.4 Å². The molecule has 0 radical (unpaired) electrons. The first-order valence-electron chi connectivity index (χ1n) is 5.93. The molecule has 108 valence electrons. The van der Waals surface area contributed by atoms with Crippen LogP contribution in [0.5, 0.6) is 5.75 Å². The van der Waals surface area contributed by atoms with E-state index in [2.05, 4.69) is 9.46 Å². The van der Waals surface area contributed by atoms with E-state index in [0.717, 1.165) is 5.56 Å². The maximum atomic E-state index is 12.1. The number of hydrogen-bond donors (Lipinski definition) is 1. The molecule has 1 N–H and O–H groups in total. The topological polar surface area (TPSA) is 44.3 Å². The van der Waals surface area contributed by atoms with Crippen LogP contribution in [0.25, 0.3) is 0 Å². The molecule has 0 aromatic heterocycles. The SMILES string of the molecule is CC(N[S@@+]([O-])C(C)(C)C)c1cccc(OC(F)F)c1. The van der Waals surface area contributed by atoms with Crippen molar-refractivity contribution in [3.63, 3.8) is 0 Å². The summed E-state index contributed by atoms with van der Waals surface area (Å²) >= 11 is -1.22. The molecule has 0 aliphatic heterocycles. The molecule has 2 atom stereocenters. The van der Waals surface area contributed by atoms with Crippen LogP contribution in [-0.4, -0.2) is 15.9 Å². The highest BCUT2D eigenvalue weighted by atomic mass is 32.2. The van der Waals surface area contributed by atoms with Gasteiger partial charge in [0.2, 0.25) is 0 Å². The highest BCUT2D eigenvalue weighted by Crippen LogP contribution is 2.23. The van der Waals surface area contributed by atoms with Gasteiger partial charge in [0.15, 0.2) is 0 Å². The van der Waals surface area contributed by atoms with E-state index >= 15 is 0 Å². The summed E-state index contributed by atoms with van der Waals surface area (Å²) in [5, 5.41) is 0. The summed E-state index contributed by atoms with van der Waals surface area (Å²) in [7, 11) is 0. The van der Waals surface area contributed by atoms with Crippen molar-refractivity contribution in [2.45, 2.75) is 45.1 Å². The zero-order valence-corrected chi connectivity index (χ0v) is 12.3. The van der Waals surface area contributed by atoms with Gasteiger partial charge in [-0.1, -0.05) is 12.1 Å². The zero-order chi connectivity index (χ0) is 14.6. The number of halogens is 2. The average molecular weight is 291 g/mol. The number of benzene rings is 1. The summed E-state index contributed by atoms with van der Waals surface area (Å²) in [6, 6.07) is 6.16. The number of hydrogen-bond acceptors (Lipinski definition) is 3. The molecule has 1 unspecified atom stereocenters. The van der Waals surface area contributed by atoms with Crippen molar-refractivity contribution in [1.29, 1.82) is 0 Å². The van der Waals surface area contributed by atoms with Crippen LogP contribution in [0.2, 0.25) is 0 Å². The Morgan fingerprint density at radius 1 is 1.32 bits per heavy atom. The van der Waals surface area contributed by atoms with Crippen molar-refractivity contribution >= 4 is 11.4 Å². The van der Waals surface area contributed by atoms with Crippen LogP contribution in [0.1, 0.15) is 39.3 Å². The molecular weight excluding hydrogens is 272 g/mol. The van der Waals surface area contributed by atoms with E-state index in [1.165, 1.54) is 12.1 Å². The largest absolute Gasteiger partial charge is 0.598 e. The maximum Gasteiger partial charge on any atom is 0.387 e. The lowest BCUT2D eigenvalue weighted by Crippen LogP contribution is -2.40. The van der Waals surface area contributed by atoms with E-state index in [1.54, 1.807) is 12.1 Å². The van der Waals surface area contributed by atoms with Gasteiger partial charge < -0.3 is 9.29 Å². The molecule has 19 heavy (non-hydrogen) atoms. The summed E-state index contributed by atoms with van der Waals surface area (Å²) in [5.74, 6) is 0.0997. The maximum absolute atomic E-state index is 12.1. The first-order chi connectivity index (χ1) is 8.70. The van der Waals surface area contributed by atoms with E-state index in [4.69, 9.17) is 0 Å². The van der Waals surface area contributed by atoms with E-state index in [-0.39, 0.29) is 16.5 Å². The summed E-state index contributed by atoms with van der Waals surface area (Å²) < 4.78 is 43.1. The fourth-order valence-corrected chi connectivity index (χ4v) is 2.18. The Morgan fingerprint density at radius 2 is 1.95 bits per heavy atom. The highest BCUT2D eigenvalue weighted by molar-refractivity contribution is 7.90. The third kappa shape index (κ3) is 5.34. The van der Waals surface area contributed by atoms with Gasteiger partial charge in [-0.15, -0.1) is 4.72 Å². The second-order valence-corrected chi connectivity index (χ2v) is 7.17. The summed E-state index contributed by atoms with van der Waals surface area (Å²) in [6.07, 6.45) is 0. The third-order valence-electron chi connectivity index (χ3n) is 2.42. The number of alkyl halides is 2. The number of nitrogens with one attached hydrogen (secondary N) is 1. The summed E-state index contributed by atoms with van der Waals surface area (Å²) in [5.41, 5.74) is 0.746. The Kier molecular flexibility index (Phi) is 5.58. The molecule has 0 heterocycles. The van der Waals surface area contributed by atoms with Crippen LogP contribution in [0.3, 0.4) is 0 Å². The minimum absolute atomic E-state index is 0.0997. The molecule has 0 saturated carbocycles. The average Bonchev–Trinajstić information content (AvgIpc) is 2.27. The Bertz CT molecular complexity index is 410. The van der Waals surface area contributed by atoms with Crippen LogP contribution >= 0.6 is 0 Å². The van der Waals surface area contributed by atoms with Crippen molar-refractivity contribution in [2.24, 2.45) is 0 Å². The minimum Gasteiger partial charge on any atom is -0.598 e. The normalized spacial score (nSPS) is 15.4. The fraction of sp³-hybridized carbons (Fsp3) is 0.538. The Labute approximate surface area is 115 Å². The third-order valence-corrected chi connectivity index (χ3v) is 4.10. The van der Waals surface area contributed by atoms with Gasteiger partial charge in [-0.3, -0.25) is 0 Å². The van der Waals surface area contributed by atoms with Gasteiger partial charge in [0.25, 0.3) is 0 Å². The van der Waals surface area contributed by atoms with Gasteiger partial charge in [0.1, 0.15) is 10.5 Å². The molecule has 0 saturated heterocycles. The molecule has 0 fully saturated rings. The smallest absolute Gasteiger partial charge is 0.387 e. The first kappa shape index (κ1) is 16.2. The quantitative estimate of drug-likeness (QED) is 0.846. The second kappa shape index (κ2) is 6.54. The Morgan fingerprint density at radius 3 is 2.47 bits per heavy atom. The molecule has 0 bridgehead atoms. The molecular formula is C13H19F2NO2S. The minimum atomic E-state index is -2.85. The van der Waals surface area contributed by atoms with Crippen molar-refractivity contribution < 1.29 is 18.1 Å². The second-order valence-electron chi connectivity index (χ2n) is 5.17. The molecule has 3 nitrogen and oxygen atoms in total. The Hall–Kier alpha value is -0.850. The lowest BCUT2D eigenvalue weighted by atomic mass is 10.1. The van der Waals surface area contributed by atoms with E-state index in [0.29, 0.717) is 0 Å². The first-order valence-corrected chi connectivity index (χ1v) is 7.08. The van der Waals surface area contributed by atoms with Crippen molar-refractivity contribution in [1.82, 2.24) is 4.72 Å². The van der Waals surface area contributed by atoms with Gasteiger partial charge in [0.05, 0.1) is 6.04 Å². The molecule has 6 heteroatoms. The van der Waals surface area contributed by atoms with Crippen LogP contribution < -0.4 is 9.46 Å². The van der Waals surface area contributed by atoms with Gasteiger partial charge in [-0.2, -0.15) is 8.78 Å². The predicted octanol–water partition coefficient (Wildman–Crippen LogP) is 3.40. The molecule has 1 rings (SSSR count). The molecule has 0 aliphatic carbocycles. The van der Waals surface area contributed by atoms with E-state index < -0.39 is 18.0 Å². The monoisotopic (exact) mass is 291 g/mol. The van der Waals surface area contributed by atoms with Gasteiger partial charge in [-0.05, 0) is 45.4 Å². The molecule has 0 spiro atoms. The van der Waals surface area contributed by atoms with E-state index in [1.807, 2.05) is 27.7 Å². The van der Waals surface area contributed by atoms with Crippen molar-refractivity contribution in [2.75, 3.05) is 0 Å².